The Morgan fingerprint density at radius 3 is 2.31 bits per heavy atom. The maximum Gasteiger partial charge on any atom is 0.234 e. The molecule has 136 valence electrons. The number of hydrogen-bond acceptors (Lipinski definition) is 4. The molecule has 1 saturated heterocycles. The van der Waals surface area contributed by atoms with Crippen LogP contribution in [-0.4, -0.2) is 17.9 Å². The van der Waals surface area contributed by atoms with Gasteiger partial charge in [0.15, 0.2) is 11.6 Å². The molecule has 0 aliphatic carbocycles. The summed E-state index contributed by atoms with van der Waals surface area (Å²) in [6, 6.07) is 15.1. The number of benzene rings is 2. The molecule has 0 bridgehead atoms. The number of carbonyl (C=O) groups is 2. The summed E-state index contributed by atoms with van der Waals surface area (Å²) >= 11 is 0. The molecule has 0 aromatic heterocycles. The minimum absolute atomic E-state index is 0.0214. The summed E-state index contributed by atoms with van der Waals surface area (Å²) in [5.41, 5.74) is 3.40. The van der Waals surface area contributed by atoms with E-state index in [4.69, 9.17) is 9.78 Å². The summed E-state index contributed by atoms with van der Waals surface area (Å²) in [5, 5.41) is 0. The molecule has 2 atom stereocenters. The molecule has 0 amide bonds. The lowest BCUT2D eigenvalue weighted by atomic mass is 9.86. The third-order valence-corrected chi connectivity index (χ3v) is 4.95. The third kappa shape index (κ3) is 4.26. The van der Waals surface area contributed by atoms with Gasteiger partial charge in [-0.25, -0.2) is 0 Å². The lowest BCUT2D eigenvalue weighted by Crippen LogP contribution is -2.23. The van der Waals surface area contributed by atoms with Crippen LogP contribution in [-0.2, 0) is 9.78 Å². The Morgan fingerprint density at radius 2 is 1.65 bits per heavy atom. The Hall–Kier alpha value is -2.30. The molecule has 0 N–H and O–H groups in total. The normalized spacial score (nSPS) is 16.1. The molecule has 1 heterocycles. The van der Waals surface area contributed by atoms with Crippen molar-refractivity contribution in [3.63, 3.8) is 0 Å². The van der Waals surface area contributed by atoms with Gasteiger partial charge in [-0.05, 0) is 38.3 Å². The Morgan fingerprint density at radius 1 is 0.962 bits per heavy atom. The average molecular weight is 352 g/mol. The van der Waals surface area contributed by atoms with Gasteiger partial charge in [0.05, 0.1) is 5.92 Å². The van der Waals surface area contributed by atoms with Gasteiger partial charge in [0, 0.05) is 17.0 Å². The van der Waals surface area contributed by atoms with Crippen LogP contribution < -0.4 is 0 Å². The van der Waals surface area contributed by atoms with Crippen molar-refractivity contribution in [2.24, 2.45) is 11.8 Å². The van der Waals surface area contributed by atoms with Crippen molar-refractivity contribution in [1.82, 2.24) is 0 Å². The molecule has 26 heavy (non-hydrogen) atoms. The summed E-state index contributed by atoms with van der Waals surface area (Å²) in [6.45, 7) is 5.80. The smallest absolute Gasteiger partial charge is 0.234 e. The van der Waals surface area contributed by atoms with Gasteiger partial charge in [-0.1, -0.05) is 55.0 Å². The summed E-state index contributed by atoms with van der Waals surface area (Å²) in [7, 11) is 0. The molecule has 0 spiro atoms. The van der Waals surface area contributed by atoms with Crippen LogP contribution in [0.2, 0.25) is 0 Å². The van der Waals surface area contributed by atoms with Crippen molar-refractivity contribution in [2.45, 2.75) is 39.9 Å². The molecule has 1 fully saturated rings. The molecule has 1 aliphatic rings. The van der Waals surface area contributed by atoms with E-state index in [1.54, 1.807) is 0 Å². The number of hydrogen-bond donors (Lipinski definition) is 0. The molecule has 0 saturated carbocycles. The maximum absolute atomic E-state index is 13.0. The maximum atomic E-state index is 13.0. The first kappa shape index (κ1) is 18.5. The van der Waals surface area contributed by atoms with Crippen molar-refractivity contribution in [2.75, 3.05) is 0 Å². The van der Waals surface area contributed by atoms with Crippen LogP contribution in [0.15, 0.2) is 48.5 Å². The lowest BCUT2D eigenvalue weighted by Gasteiger charge is -2.16. The zero-order chi connectivity index (χ0) is 18.7. The molecule has 2 unspecified atom stereocenters. The van der Waals surface area contributed by atoms with Gasteiger partial charge in [-0.15, -0.1) is 0 Å². The van der Waals surface area contributed by atoms with Crippen LogP contribution in [0.1, 0.15) is 51.6 Å². The van der Waals surface area contributed by atoms with Crippen molar-refractivity contribution in [1.29, 1.82) is 0 Å². The Bertz CT molecular complexity index is 793. The van der Waals surface area contributed by atoms with E-state index < -0.39 is 6.29 Å². The van der Waals surface area contributed by atoms with E-state index in [2.05, 4.69) is 0 Å². The number of carbonyl (C=O) groups excluding carboxylic acids is 2. The van der Waals surface area contributed by atoms with Gasteiger partial charge in [0.2, 0.25) is 6.29 Å². The molecule has 0 radical (unpaired) electrons. The molecule has 4 nitrogen and oxygen atoms in total. The van der Waals surface area contributed by atoms with Crippen molar-refractivity contribution in [3.05, 3.63) is 70.8 Å². The van der Waals surface area contributed by atoms with E-state index in [0.29, 0.717) is 24.0 Å². The van der Waals surface area contributed by atoms with Crippen LogP contribution >= 0.6 is 0 Å². The highest BCUT2D eigenvalue weighted by Gasteiger charge is 2.41. The van der Waals surface area contributed by atoms with Gasteiger partial charge < -0.3 is 0 Å². The standard InChI is InChI=1S/C22H24O4/c1-14-9-10-15(2)19(13-14)21(24)18(22-25-26-22)12-11-16(3)20(23)17-7-5-4-6-8-17/h4-10,13,16,18,22H,11-12H2,1-3H3. The molecule has 2 aromatic rings. The Labute approximate surface area is 154 Å². The second-order valence-corrected chi connectivity index (χ2v) is 7.06. The first-order valence-electron chi connectivity index (χ1n) is 9.00. The first-order valence-corrected chi connectivity index (χ1v) is 9.00. The second-order valence-electron chi connectivity index (χ2n) is 7.06. The summed E-state index contributed by atoms with van der Waals surface area (Å²) in [6.07, 6.45) is 0.663. The van der Waals surface area contributed by atoms with Crippen molar-refractivity contribution < 1.29 is 19.4 Å². The minimum atomic E-state index is -0.499. The van der Waals surface area contributed by atoms with E-state index in [1.165, 1.54) is 0 Å². The number of ketones is 2. The number of rotatable bonds is 8. The molecular formula is C22H24O4. The van der Waals surface area contributed by atoms with Crippen LogP contribution in [0, 0.1) is 25.7 Å². The molecule has 3 rings (SSSR count). The monoisotopic (exact) mass is 352 g/mol. The van der Waals surface area contributed by atoms with Gasteiger partial charge in [0.25, 0.3) is 0 Å². The summed E-state index contributed by atoms with van der Waals surface area (Å²) in [5.74, 6) is -0.430. The zero-order valence-electron chi connectivity index (χ0n) is 15.4. The fourth-order valence-corrected chi connectivity index (χ4v) is 3.21. The first-order chi connectivity index (χ1) is 12.5. The predicted molar refractivity (Wildman–Crippen MR) is 98.9 cm³/mol. The predicted octanol–water partition coefficient (Wildman–Crippen LogP) is 4.69. The Balaban J connectivity index is 1.68. The second kappa shape index (κ2) is 7.94. The van der Waals surface area contributed by atoms with Crippen LogP contribution in [0.5, 0.6) is 0 Å². The van der Waals surface area contributed by atoms with Crippen LogP contribution in [0.25, 0.3) is 0 Å². The van der Waals surface area contributed by atoms with E-state index in [1.807, 2.05) is 69.3 Å². The summed E-state index contributed by atoms with van der Waals surface area (Å²) < 4.78 is 0. The van der Waals surface area contributed by atoms with E-state index in [-0.39, 0.29) is 23.4 Å². The number of aryl methyl sites for hydroxylation is 2. The average Bonchev–Trinajstić information content (AvgIpc) is 3.48. The quantitative estimate of drug-likeness (QED) is 0.393. The lowest BCUT2D eigenvalue weighted by molar-refractivity contribution is 0.0850. The largest absolute Gasteiger partial charge is 0.294 e. The van der Waals surface area contributed by atoms with Crippen molar-refractivity contribution >= 4 is 11.6 Å². The van der Waals surface area contributed by atoms with Gasteiger partial charge >= 0.3 is 0 Å². The molecule has 1 aliphatic heterocycles. The van der Waals surface area contributed by atoms with Crippen LogP contribution in [0.3, 0.4) is 0 Å². The third-order valence-electron chi connectivity index (χ3n) is 4.95. The highest BCUT2D eigenvalue weighted by Crippen LogP contribution is 2.32. The fraction of sp³-hybridized carbons (Fsp3) is 0.364. The summed E-state index contributed by atoms with van der Waals surface area (Å²) in [4.78, 5) is 35.5. The fourth-order valence-electron chi connectivity index (χ4n) is 3.21. The van der Waals surface area contributed by atoms with E-state index in [0.717, 1.165) is 11.1 Å². The molecular weight excluding hydrogens is 328 g/mol. The SMILES string of the molecule is Cc1ccc(C)c(C(=O)C(CCC(C)C(=O)c2ccccc2)C2OO2)c1. The highest BCUT2D eigenvalue weighted by atomic mass is 17.4. The van der Waals surface area contributed by atoms with E-state index in [9.17, 15) is 9.59 Å². The topological polar surface area (TPSA) is 59.2 Å². The van der Waals surface area contributed by atoms with Gasteiger partial charge in [-0.3, -0.25) is 9.59 Å². The minimum Gasteiger partial charge on any atom is -0.294 e. The Kier molecular flexibility index (Phi) is 5.64. The van der Waals surface area contributed by atoms with Crippen LogP contribution in [0.4, 0.5) is 0 Å². The zero-order valence-corrected chi connectivity index (χ0v) is 15.4. The van der Waals surface area contributed by atoms with E-state index >= 15 is 0 Å². The van der Waals surface area contributed by atoms with Crippen molar-refractivity contribution in [3.8, 4) is 0 Å². The molecule has 4 heteroatoms. The molecule has 2 aromatic carbocycles. The van der Waals surface area contributed by atoms with Gasteiger partial charge in [0.1, 0.15) is 0 Å². The van der Waals surface area contributed by atoms with Gasteiger partial charge in [-0.2, -0.15) is 9.78 Å². The number of Topliss-reactive ketones (excluding diaryl/α,β-unsaturated/α-hetero) is 2. The highest BCUT2D eigenvalue weighted by molar-refractivity contribution is 6.00.